The Bertz CT molecular complexity index is 1070. The molecule has 3 nitrogen and oxygen atoms in total. The van der Waals surface area contributed by atoms with Crippen molar-refractivity contribution < 1.29 is 0 Å². The molecule has 0 fully saturated rings. The molecule has 0 saturated carbocycles. The molecule has 132 valence electrons. The summed E-state index contributed by atoms with van der Waals surface area (Å²) in [6.45, 7) is 6.44. The Morgan fingerprint density at radius 1 is 0.962 bits per heavy atom. The standard InChI is InChI=1S/C20H19N3S3/c1-11-7-12(2)18(13(3)8-11)16-10-25-19(22-16)23-20-21-15-6-5-14(24-4)9-17(15)26-20/h5-10H,1-4H3,(H,21,22,23). The van der Waals surface area contributed by atoms with E-state index in [-0.39, 0.29) is 0 Å². The Kier molecular flexibility index (Phi) is 4.73. The number of benzene rings is 2. The SMILES string of the molecule is CSc1ccc2nc(Nc3nc(-c4c(C)cc(C)cc4C)cs3)sc2c1. The van der Waals surface area contributed by atoms with Gasteiger partial charge in [0.05, 0.1) is 15.9 Å². The molecule has 0 bridgehead atoms. The summed E-state index contributed by atoms with van der Waals surface area (Å²) in [6, 6.07) is 10.8. The van der Waals surface area contributed by atoms with Gasteiger partial charge in [-0.25, -0.2) is 9.97 Å². The van der Waals surface area contributed by atoms with E-state index in [0.29, 0.717) is 0 Å². The van der Waals surface area contributed by atoms with Crippen molar-refractivity contribution in [3.05, 3.63) is 52.4 Å². The van der Waals surface area contributed by atoms with E-state index in [4.69, 9.17) is 4.98 Å². The highest BCUT2D eigenvalue weighted by Gasteiger charge is 2.12. The van der Waals surface area contributed by atoms with Gasteiger partial charge < -0.3 is 5.32 Å². The molecular weight excluding hydrogens is 378 g/mol. The van der Waals surface area contributed by atoms with Crippen molar-refractivity contribution in [2.24, 2.45) is 0 Å². The molecule has 4 rings (SSSR count). The van der Waals surface area contributed by atoms with Crippen molar-refractivity contribution in [3.63, 3.8) is 0 Å². The quantitative estimate of drug-likeness (QED) is 0.384. The van der Waals surface area contributed by atoms with Crippen LogP contribution in [0, 0.1) is 20.8 Å². The van der Waals surface area contributed by atoms with Crippen molar-refractivity contribution in [1.29, 1.82) is 0 Å². The van der Waals surface area contributed by atoms with Gasteiger partial charge in [0.15, 0.2) is 10.3 Å². The fourth-order valence-electron chi connectivity index (χ4n) is 3.21. The highest BCUT2D eigenvalue weighted by molar-refractivity contribution is 7.98. The first-order valence-electron chi connectivity index (χ1n) is 8.29. The second kappa shape index (κ2) is 7.02. The van der Waals surface area contributed by atoms with Crippen LogP contribution >= 0.6 is 34.4 Å². The van der Waals surface area contributed by atoms with E-state index in [0.717, 1.165) is 21.5 Å². The van der Waals surface area contributed by atoms with Crippen LogP contribution in [0.15, 0.2) is 40.6 Å². The average Bonchev–Trinajstić information content (AvgIpc) is 3.19. The normalized spacial score (nSPS) is 11.2. The van der Waals surface area contributed by atoms with Crippen LogP contribution in [0.25, 0.3) is 21.5 Å². The number of hydrogen-bond donors (Lipinski definition) is 1. The molecule has 0 aliphatic rings. The Hall–Kier alpha value is -1.89. The maximum Gasteiger partial charge on any atom is 0.190 e. The molecule has 0 aliphatic heterocycles. The van der Waals surface area contributed by atoms with Crippen molar-refractivity contribution in [1.82, 2.24) is 9.97 Å². The number of nitrogens with one attached hydrogen (secondary N) is 1. The van der Waals surface area contributed by atoms with Gasteiger partial charge in [0.2, 0.25) is 0 Å². The first-order chi connectivity index (χ1) is 12.5. The van der Waals surface area contributed by atoms with E-state index in [1.165, 1.54) is 31.8 Å². The van der Waals surface area contributed by atoms with Crippen LogP contribution < -0.4 is 5.32 Å². The summed E-state index contributed by atoms with van der Waals surface area (Å²) in [4.78, 5) is 10.7. The number of aromatic nitrogens is 2. The largest absolute Gasteiger partial charge is 0.307 e. The highest BCUT2D eigenvalue weighted by atomic mass is 32.2. The number of thioether (sulfide) groups is 1. The van der Waals surface area contributed by atoms with Crippen LogP contribution in [0.3, 0.4) is 0 Å². The second-order valence-electron chi connectivity index (χ2n) is 6.29. The van der Waals surface area contributed by atoms with Gasteiger partial charge in [-0.15, -0.1) is 23.1 Å². The summed E-state index contributed by atoms with van der Waals surface area (Å²) < 4.78 is 1.20. The minimum Gasteiger partial charge on any atom is -0.307 e. The maximum atomic E-state index is 4.80. The smallest absolute Gasteiger partial charge is 0.190 e. The van der Waals surface area contributed by atoms with Gasteiger partial charge in [-0.1, -0.05) is 29.0 Å². The van der Waals surface area contributed by atoms with Crippen LogP contribution in [-0.4, -0.2) is 16.2 Å². The van der Waals surface area contributed by atoms with Crippen LogP contribution in [-0.2, 0) is 0 Å². The van der Waals surface area contributed by atoms with Crippen LogP contribution in [0.5, 0.6) is 0 Å². The van der Waals surface area contributed by atoms with Crippen LogP contribution in [0.2, 0.25) is 0 Å². The number of anilines is 2. The predicted octanol–water partition coefficient (Wildman–Crippen LogP) is 6.81. The first kappa shape index (κ1) is 17.5. The number of nitrogens with zero attached hydrogens (tertiary/aromatic N) is 2. The lowest BCUT2D eigenvalue weighted by atomic mass is 9.98. The molecule has 2 aromatic carbocycles. The monoisotopic (exact) mass is 397 g/mol. The van der Waals surface area contributed by atoms with Crippen molar-refractivity contribution in [2.45, 2.75) is 25.7 Å². The Morgan fingerprint density at radius 2 is 1.73 bits per heavy atom. The zero-order valence-corrected chi connectivity index (χ0v) is 17.5. The zero-order valence-electron chi connectivity index (χ0n) is 15.1. The molecule has 0 spiro atoms. The lowest BCUT2D eigenvalue weighted by Crippen LogP contribution is -1.92. The highest BCUT2D eigenvalue weighted by Crippen LogP contribution is 2.34. The molecular formula is C20H19N3S3. The third-order valence-electron chi connectivity index (χ3n) is 4.25. The molecule has 4 aromatic rings. The van der Waals surface area contributed by atoms with E-state index in [9.17, 15) is 0 Å². The van der Waals surface area contributed by atoms with Gasteiger partial charge in [-0.05, 0) is 56.4 Å². The minimum atomic E-state index is 0.878. The third kappa shape index (κ3) is 3.37. The lowest BCUT2D eigenvalue weighted by Gasteiger charge is -2.08. The van der Waals surface area contributed by atoms with Gasteiger partial charge in [0.1, 0.15) is 0 Å². The van der Waals surface area contributed by atoms with Gasteiger partial charge in [0.25, 0.3) is 0 Å². The fourth-order valence-corrected chi connectivity index (χ4v) is 5.39. The Balaban J connectivity index is 1.63. The zero-order chi connectivity index (χ0) is 18.3. The molecule has 0 amide bonds. The molecule has 2 heterocycles. The van der Waals surface area contributed by atoms with Gasteiger partial charge in [-0.3, -0.25) is 0 Å². The number of aryl methyl sites for hydroxylation is 3. The number of fused-ring (bicyclic) bond motifs is 1. The molecule has 0 atom stereocenters. The molecule has 6 heteroatoms. The van der Waals surface area contributed by atoms with E-state index >= 15 is 0 Å². The molecule has 26 heavy (non-hydrogen) atoms. The topological polar surface area (TPSA) is 37.8 Å². The summed E-state index contributed by atoms with van der Waals surface area (Å²) in [5.74, 6) is 0. The molecule has 0 aliphatic carbocycles. The maximum absolute atomic E-state index is 4.80. The number of hydrogen-bond acceptors (Lipinski definition) is 6. The van der Waals surface area contributed by atoms with Crippen molar-refractivity contribution >= 4 is 54.9 Å². The molecule has 1 N–H and O–H groups in total. The van der Waals surface area contributed by atoms with Crippen molar-refractivity contribution in [2.75, 3.05) is 11.6 Å². The average molecular weight is 398 g/mol. The summed E-state index contributed by atoms with van der Waals surface area (Å²) in [5, 5.41) is 7.26. The van der Waals surface area contributed by atoms with E-state index < -0.39 is 0 Å². The second-order valence-corrected chi connectivity index (χ2v) is 9.06. The fraction of sp³-hybridized carbons (Fsp3) is 0.200. The van der Waals surface area contributed by atoms with E-state index in [1.807, 2.05) is 0 Å². The van der Waals surface area contributed by atoms with Crippen LogP contribution in [0.4, 0.5) is 10.3 Å². The van der Waals surface area contributed by atoms with E-state index in [2.05, 4.69) is 73.0 Å². The molecule has 0 saturated heterocycles. The Morgan fingerprint density at radius 3 is 2.46 bits per heavy atom. The number of thiazole rings is 2. The summed E-state index contributed by atoms with van der Waals surface area (Å²) in [5.41, 5.74) is 7.11. The summed E-state index contributed by atoms with van der Waals surface area (Å²) >= 11 is 5.03. The first-order valence-corrected chi connectivity index (χ1v) is 11.2. The van der Waals surface area contributed by atoms with Gasteiger partial charge >= 0.3 is 0 Å². The van der Waals surface area contributed by atoms with Gasteiger partial charge in [0, 0.05) is 15.8 Å². The molecule has 2 aromatic heterocycles. The molecule has 0 unspecified atom stereocenters. The Labute approximate surface area is 165 Å². The summed E-state index contributed by atoms with van der Waals surface area (Å²) in [6.07, 6.45) is 2.09. The van der Waals surface area contributed by atoms with Crippen molar-refractivity contribution in [3.8, 4) is 11.3 Å². The summed E-state index contributed by atoms with van der Waals surface area (Å²) in [7, 11) is 0. The minimum absolute atomic E-state index is 0.878. The lowest BCUT2D eigenvalue weighted by molar-refractivity contribution is 1.28. The van der Waals surface area contributed by atoms with Crippen LogP contribution in [0.1, 0.15) is 16.7 Å². The van der Waals surface area contributed by atoms with Gasteiger partial charge in [-0.2, -0.15) is 0 Å². The van der Waals surface area contributed by atoms with E-state index in [1.54, 1.807) is 34.4 Å². The third-order valence-corrected chi connectivity index (χ3v) is 6.66. The molecule has 0 radical (unpaired) electrons. The predicted molar refractivity (Wildman–Crippen MR) is 116 cm³/mol. The number of rotatable bonds is 4.